The van der Waals surface area contributed by atoms with Crippen molar-refractivity contribution in [2.45, 2.75) is 4.90 Å². The van der Waals surface area contributed by atoms with Crippen LogP contribution in [0.5, 0.6) is 0 Å². The minimum Gasteiger partial charge on any atom is -0.478 e. The van der Waals surface area contributed by atoms with Gasteiger partial charge in [-0.15, -0.1) is 11.3 Å². The van der Waals surface area contributed by atoms with E-state index in [0.29, 0.717) is 0 Å². The molecule has 0 spiro atoms. The quantitative estimate of drug-likeness (QED) is 0.826. The molecule has 0 aliphatic rings. The highest BCUT2D eigenvalue weighted by Gasteiger charge is 2.21. The summed E-state index contributed by atoms with van der Waals surface area (Å²) in [4.78, 5) is 14.6. The molecular formula is C10H6BrClN2O4S2. The Hall–Kier alpha value is -1.16. The molecule has 2 aromatic rings. The number of nitrogens with one attached hydrogen (secondary N) is 1. The summed E-state index contributed by atoms with van der Waals surface area (Å²) in [6.07, 6.45) is 1.45. The number of anilines is 1. The molecule has 1 aromatic carbocycles. The first kappa shape index (κ1) is 15.2. The number of carbonyl (C=O) groups is 1. The van der Waals surface area contributed by atoms with Crippen molar-refractivity contribution in [2.75, 3.05) is 4.72 Å². The number of thiazole rings is 1. The summed E-state index contributed by atoms with van der Waals surface area (Å²) in [7, 11) is -3.93. The second kappa shape index (κ2) is 5.68. The van der Waals surface area contributed by atoms with Crippen molar-refractivity contribution in [3.8, 4) is 0 Å². The molecular weight excluding hydrogens is 392 g/mol. The van der Waals surface area contributed by atoms with E-state index in [2.05, 4.69) is 25.6 Å². The summed E-state index contributed by atoms with van der Waals surface area (Å²) in [5.74, 6) is -1.32. The van der Waals surface area contributed by atoms with Gasteiger partial charge in [0.2, 0.25) is 0 Å². The zero-order valence-corrected chi connectivity index (χ0v) is 13.5. The lowest BCUT2D eigenvalue weighted by atomic mass is 10.2. The van der Waals surface area contributed by atoms with Crippen LogP contribution in [-0.4, -0.2) is 24.5 Å². The maximum Gasteiger partial charge on any atom is 0.337 e. The number of rotatable bonds is 4. The predicted octanol–water partition coefficient (Wildman–Crippen LogP) is 3.06. The van der Waals surface area contributed by atoms with Crippen molar-refractivity contribution in [2.24, 2.45) is 0 Å². The fourth-order valence-corrected chi connectivity index (χ4v) is 3.96. The fourth-order valence-electron chi connectivity index (χ4n) is 1.32. The highest BCUT2D eigenvalue weighted by atomic mass is 79.9. The molecule has 0 radical (unpaired) electrons. The molecule has 0 aliphatic heterocycles. The zero-order valence-electron chi connectivity index (χ0n) is 9.50. The van der Waals surface area contributed by atoms with E-state index in [9.17, 15) is 13.2 Å². The Morgan fingerprint density at radius 3 is 2.70 bits per heavy atom. The minimum absolute atomic E-state index is 0.0642. The van der Waals surface area contributed by atoms with E-state index in [4.69, 9.17) is 16.7 Å². The molecule has 10 heteroatoms. The molecule has 106 valence electrons. The van der Waals surface area contributed by atoms with E-state index >= 15 is 0 Å². The number of nitrogens with zero attached hydrogens (tertiary/aromatic N) is 1. The van der Waals surface area contributed by atoms with Gasteiger partial charge in [-0.1, -0.05) is 11.6 Å². The number of sulfonamides is 1. The van der Waals surface area contributed by atoms with Crippen molar-refractivity contribution in [1.82, 2.24) is 4.98 Å². The van der Waals surface area contributed by atoms with Crippen LogP contribution < -0.4 is 4.72 Å². The van der Waals surface area contributed by atoms with Crippen LogP contribution in [-0.2, 0) is 10.0 Å². The Labute approximate surface area is 131 Å². The van der Waals surface area contributed by atoms with Gasteiger partial charge in [-0.2, -0.15) is 0 Å². The first-order chi connectivity index (χ1) is 9.31. The number of hydrogen-bond donors (Lipinski definition) is 2. The molecule has 0 saturated carbocycles. The summed E-state index contributed by atoms with van der Waals surface area (Å²) in [6, 6.07) is 2.22. The standard InChI is InChI=1S/C10H6BrClN2O4S2/c11-7-4-5(3-6(8(7)12)9(15)16)20(17,18)14-10-13-1-2-19-10/h1-4H,(H,13,14)(H,15,16). The number of carboxylic acid groups (broad SMARTS) is 1. The SMILES string of the molecule is O=C(O)c1cc(S(=O)(=O)Nc2nccs2)cc(Br)c1Cl. The van der Waals surface area contributed by atoms with Crippen LogP contribution in [0.15, 0.2) is 33.1 Å². The van der Waals surface area contributed by atoms with Gasteiger partial charge in [0.05, 0.1) is 15.5 Å². The molecule has 0 fully saturated rings. The molecule has 0 amide bonds. The molecule has 2 rings (SSSR count). The first-order valence-corrected chi connectivity index (χ1v) is 8.49. The number of halogens is 2. The molecule has 0 unspecified atom stereocenters. The Bertz CT molecular complexity index is 762. The number of aromatic nitrogens is 1. The minimum atomic E-state index is -3.93. The maximum absolute atomic E-state index is 12.1. The van der Waals surface area contributed by atoms with Crippen LogP contribution in [0.4, 0.5) is 5.13 Å². The first-order valence-electron chi connectivity index (χ1n) is 4.96. The third-order valence-corrected chi connectivity index (χ3v) is 5.59. The maximum atomic E-state index is 12.1. The van der Waals surface area contributed by atoms with E-state index in [1.807, 2.05) is 0 Å². The monoisotopic (exact) mass is 396 g/mol. The lowest BCUT2D eigenvalue weighted by Crippen LogP contribution is -2.14. The number of benzene rings is 1. The topological polar surface area (TPSA) is 96.4 Å². The van der Waals surface area contributed by atoms with Gasteiger partial charge < -0.3 is 5.11 Å². The highest BCUT2D eigenvalue weighted by molar-refractivity contribution is 9.10. The van der Waals surface area contributed by atoms with Gasteiger partial charge in [0.1, 0.15) is 0 Å². The largest absolute Gasteiger partial charge is 0.478 e. The van der Waals surface area contributed by atoms with Crippen LogP contribution in [0.1, 0.15) is 10.4 Å². The third kappa shape index (κ3) is 3.11. The lowest BCUT2D eigenvalue weighted by Gasteiger charge is -2.08. The summed E-state index contributed by atoms with van der Waals surface area (Å²) in [5.41, 5.74) is -0.305. The summed E-state index contributed by atoms with van der Waals surface area (Å²) >= 11 is 9.94. The molecule has 1 aromatic heterocycles. The lowest BCUT2D eigenvalue weighted by molar-refractivity contribution is 0.0696. The van der Waals surface area contributed by atoms with Crippen molar-refractivity contribution in [3.63, 3.8) is 0 Å². The van der Waals surface area contributed by atoms with Gasteiger partial charge in [-0.05, 0) is 28.1 Å². The normalized spacial score (nSPS) is 11.3. The number of aromatic carboxylic acids is 1. The summed E-state index contributed by atoms with van der Waals surface area (Å²) < 4.78 is 26.7. The van der Waals surface area contributed by atoms with E-state index < -0.39 is 16.0 Å². The van der Waals surface area contributed by atoms with E-state index in [-0.39, 0.29) is 25.1 Å². The molecule has 1 heterocycles. The van der Waals surface area contributed by atoms with Crippen molar-refractivity contribution in [3.05, 3.63) is 38.8 Å². The Balaban J connectivity index is 2.49. The van der Waals surface area contributed by atoms with E-state index in [1.165, 1.54) is 12.3 Å². The average Bonchev–Trinajstić information content (AvgIpc) is 2.83. The van der Waals surface area contributed by atoms with Gasteiger partial charge in [-0.25, -0.2) is 18.2 Å². The Kier molecular flexibility index (Phi) is 4.33. The van der Waals surface area contributed by atoms with Crippen molar-refractivity contribution < 1.29 is 18.3 Å². The highest BCUT2D eigenvalue weighted by Crippen LogP contribution is 2.30. The van der Waals surface area contributed by atoms with Crippen LogP contribution in [0.2, 0.25) is 5.02 Å². The molecule has 0 aliphatic carbocycles. The molecule has 0 atom stereocenters. The van der Waals surface area contributed by atoms with Crippen molar-refractivity contribution in [1.29, 1.82) is 0 Å². The third-order valence-electron chi connectivity index (χ3n) is 2.20. The molecule has 2 N–H and O–H groups in total. The smallest absolute Gasteiger partial charge is 0.337 e. The Morgan fingerprint density at radius 2 is 2.15 bits per heavy atom. The second-order valence-electron chi connectivity index (χ2n) is 3.51. The number of carboxylic acids is 1. The van der Waals surface area contributed by atoms with Gasteiger partial charge in [-0.3, -0.25) is 4.72 Å². The summed E-state index contributed by atoms with van der Waals surface area (Å²) in [6.45, 7) is 0. The molecule has 0 saturated heterocycles. The van der Waals surface area contributed by atoms with Gasteiger partial charge >= 0.3 is 5.97 Å². The van der Waals surface area contributed by atoms with Crippen LogP contribution in [0.3, 0.4) is 0 Å². The fraction of sp³-hybridized carbons (Fsp3) is 0. The molecule has 6 nitrogen and oxygen atoms in total. The molecule has 20 heavy (non-hydrogen) atoms. The second-order valence-corrected chi connectivity index (χ2v) is 7.32. The Morgan fingerprint density at radius 1 is 1.45 bits per heavy atom. The van der Waals surface area contributed by atoms with Gasteiger partial charge in [0.15, 0.2) is 5.13 Å². The predicted molar refractivity (Wildman–Crippen MR) is 79.0 cm³/mol. The van der Waals surface area contributed by atoms with E-state index in [0.717, 1.165) is 17.4 Å². The average molecular weight is 398 g/mol. The van der Waals surface area contributed by atoms with Gasteiger partial charge in [0, 0.05) is 16.0 Å². The summed E-state index contributed by atoms with van der Waals surface area (Å²) in [5, 5.41) is 10.7. The van der Waals surface area contributed by atoms with Crippen LogP contribution >= 0.6 is 38.9 Å². The van der Waals surface area contributed by atoms with Crippen LogP contribution in [0, 0.1) is 0 Å². The van der Waals surface area contributed by atoms with E-state index in [1.54, 1.807) is 5.38 Å². The van der Waals surface area contributed by atoms with Crippen LogP contribution in [0.25, 0.3) is 0 Å². The van der Waals surface area contributed by atoms with Crippen molar-refractivity contribution >= 4 is 60.0 Å². The van der Waals surface area contributed by atoms with Gasteiger partial charge in [0.25, 0.3) is 10.0 Å². The number of hydrogen-bond acceptors (Lipinski definition) is 5. The molecule has 0 bridgehead atoms. The zero-order chi connectivity index (χ0) is 14.9.